The van der Waals surface area contributed by atoms with Crippen molar-refractivity contribution in [3.8, 4) is 0 Å². The molecule has 0 amide bonds. The van der Waals surface area contributed by atoms with E-state index in [2.05, 4.69) is 27.7 Å². The molecule has 0 heterocycles. The van der Waals surface area contributed by atoms with Crippen molar-refractivity contribution in [3.05, 3.63) is 0 Å². The molecule has 0 aromatic heterocycles. The molecule has 0 spiro atoms. The first-order valence-corrected chi connectivity index (χ1v) is 8.09. The van der Waals surface area contributed by atoms with Crippen molar-refractivity contribution >= 4 is 17.0 Å². The maximum Gasteiger partial charge on any atom is 1.00 e. The molecule has 2 nitrogen and oxygen atoms in total. The lowest BCUT2D eigenvalue weighted by atomic mass is 10.1. The quantitative estimate of drug-likeness (QED) is 0.444. The summed E-state index contributed by atoms with van der Waals surface area (Å²) in [7, 11) is 0. The van der Waals surface area contributed by atoms with Crippen LogP contribution in [0.3, 0.4) is 0 Å². The maximum absolute atomic E-state index is 2.33. The number of unbranched alkanes of at least 4 members (excludes halogenated alkanes) is 4. The van der Waals surface area contributed by atoms with E-state index in [1.807, 2.05) is 0 Å². The van der Waals surface area contributed by atoms with E-state index >= 15 is 0 Å². The summed E-state index contributed by atoms with van der Waals surface area (Å²) >= 11 is 0. The van der Waals surface area contributed by atoms with Gasteiger partial charge in [-0.25, -0.2) is 0 Å². The Balaban J connectivity index is -0.000000427. The fourth-order valence-corrected chi connectivity index (χ4v) is 2.64. The van der Waals surface area contributed by atoms with Gasteiger partial charge in [-0.1, -0.05) is 53.4 Å². The molecule has 0 saturated carbocycles. The van der Waals surface area contributed by atoms with Gasteiger partial charge in [0.15, 0.2) is 0 Å². The first kappa shape index (κ1) is 24.4. The number of halogens is 1. The molecular weight excluding hydrogens is 300 g/mol. The van der Waals surface area contributed by atoms with Gasteiger partial charge in [0, 0.05) is 0 Å². The minimum atomic E-state index is 0. The second-order valence-corrected chi connectivity index (χ2v) is 5.65. The van der Waals surface area contributed by atoms with E-state index in [4.69, 9.17) is 0 Å². The average Bonchev–Trinajstić information content (AvgIpc) is 2.37. The van der Waals surface area contributed by atoms with Crippen LogP contribution in [-0.4, -0.2) is 30.7 Å². The van der Waals surface area contributed by atoms with Gasteiger partial charge in [0.05, 0.1) is 26.2 Å². The fraction of sp³-hybridized carbons (Fsp3) is 1.00. The zero-order valence-corrected chi connectivity index (χ0v) is 15.8. The smallest absolute Gasteiger partial charge is 0.344 e. The molecule has 3 heteroatoms. The Morgan fingerprint density at radius 1 is 0.579 bits per heavy atom. The Bertz CT molecular complexity index is 131. The monoisotopic (exact) mass is 340 g/mol. The van der Waals surface area contributed by atoms with Gasteiger partial charge in [0.1, 0.15) is 0 Å². The minimum Gasteiger partial charge on any atom is -0.344 e. The van der Waals surface area contributed by atoms with E-state index < -0.39 is 0 Å². The van der Waals surface area contributed by atoms with Gasteiger partial charge in [-0.3, -0.25) is 0 Å². The summed E-state index contributed by atoms with van der Waals surface area (Å²) in [6.45, 7) is 15.0. The summed E-state index contributed by atoms with van der Waals surface area (Å²) in [6, 6.07) is 0. The molecule has 0 aromatic carbocycles. The second kappa shape index (κ2) is 16.5. The van der Waals surface area contributed by atoms with Gasteiger partial charge in [-0.2, -0.15) is 0 Å². The van der Waals surface area contributed by atoms with Gasteiger partial charge in [-0.15, -0.1) is 17.0 Å². The summed E-state index contributed by atoms with van der Waals surface area (Å²) in [5.74, 6) is 0. The molecule has 19 heavy (non-hydrogen) atoms. The van der Waals surface area contributed by atoms with Crippen LogP contribution in [0.2, 0.25) is 0 Å². The molecule has 0 bridgehead atoms. The SMILES string of the molecule is Br.CCCC[N+](CCCC)(CCCC)CCCC.N.[H+]. The summed E-state index contributed by atoms with van der Waals surface area (Å²) in [5.41, 5.74) is 0. The van der Waals surface area contributed by atoms with Crippen LogP contribution >= 0.6 is 17.0 Å². The van der Waals surface area contributed by atoms with Crippen LogP contribution in [0.5, 0.6) is 0 Å². The molecule has 120 valence electrons. The average molecular weight is 341 g/mol. The number of hydrogen-bond donors (Lipinski definition) is 1. The molecule has 0 saturated heterocycles. The van der Waals surface area contributed by atoms with Crippen LogP contribution in [-0.2, 0) is 0 Å². The van der Waals surface area contributed by atoms with E-state index in [0.717, 1.165) is 0 Å². The largest absolute Gasteiger partial charge is 1.00 e. The number of rotatable bonds is 12. The van der Waals surface area contributed by atoms with Crippen LogP contribution < -0.4 is 6.15 Å². The molecular formula is C16H41BrN2+2. The Morgan fingerprint density at radius 2 is 0.789 bits per heavy atom. The Morgan fingerprint density at radius 3 is 0.947 bits per heavy atom. The summed E-state index contributed by atoms with van der Waals surface area (Å²) in [5, 5.41) is 0. The summed E-state index contributed by atoms with van der Waals surface area (Å²) in [4.78, 5) is 0. The predicted molar refractivity (Wildman–Crippen MR) is 95.8 cm³/mol. The standard InChI is InChI=1S/C16H36N.BrH.H3N/c1-5-9-13-17(14-10-6-2,15-11-7-3)16-12-8-4;;/h5-16H2,1-4H3;1H;1H3/q+1;;/p+1. The van der Waals surface area contributed by atoms with Crippen LogP contribution in [0, 0.1) is 0 Å². The topological polar surface area (TPSA) is 35.0 Å². The zero-order chi connectivity index (χ0) is 13.0. The molecule has 0 atom stereocenters. The van der Waals surface area contributed by atoms with E-state index in [1.54, 1.807) is 0 Å². The molecule has 0 aliphatic carbocycles. The molecule has 0 aliphatic rings. The number of hydrogen-bond acceptors (Lipinski definition) is 1. The van der Waals surface area contributed by atoms with Crippen molar-refractivity contribution < 1.29 is 5.91 Å². The van der Waals surface area contributed by atoms with Crippen LogP contribution in [0.15, 0.2) is 0 Å². The summed E-state index contributed by atoms with van der Waals surface area (Å²) < 4.78 is 1.42. The van der Waals surface area contributed by atoms with Crippen LogP contribution in [0.1, 0.15) is 80.5 Å². The van der Waals surface area contributed by atoms with E-state index in [-0.39, 0.29) is 24.6 Å². The Kier molecular flexibility index (Phi) is 21.1. The number of quaternary nitrogens is 1. The minimum absolute atomic E-state index is 0. The molecule has 0 radical (unpaired) electrons. The highest BCUT2D eigenvalue weighted by molar-refractivity contribution is 8.93. The molecule has 0 rings (SSSR count). The van der Waals surface area contributed by atoms with Crippen molar-refractivity contribution in [3.63, 3.8) is 0 Å². The third-order valence-electron chi connectivity index (χ3n) is 3.94. The van der Waals surface area contributed by atoms with Gasteiger partial charge in [0.25, 0.3) is 0 Å². The predicted octanol–water partition coefficient (Wildman–Crippen LogP) is 5.86. The van der Waals surface area contributed by atoms with Crippen molar-refractivity contribution in [1.29, 1.82) is 0 Å². The van der Waals surface area contributed by atoms with Gasteiger partial charge in [-0.05, 0) is 25.7 Å². The third kappa shape index (κ3) is 11.9. The molecule has 0 fully saturated rings. The Labute approximate surface area is 134 Å². The van der Waals surface area contributed by atoms with E-state index in [1.165, 1.54) is 82.0 Å². The lowest BCUT2D eigenvalue weighted by Gasteiger charge is -2.39. The highest BCUT2D eigenvalue weighted by Gasteiger charge is 2.24. The number of nitrogens with zero attached hydrogens (tertiary/aromatic N) is 1. The van der Waals surface area contributed by atoms with Crippen molar-refractivity contribution in [2.45, 2.75) is 79.1 Å². The van der Waals surface area contributed by atoms with Gasteiger partial charge in [0.2, 0.25) is 0 Å². The first-order valence-electron chi connectivity index (χ1n) is 8.09. The van der Waals surface area contributed by atoms with Gasteiger partial charge >= 0.3 is 1.43 Å². The molecule has 0 unspecified atom stereocenters. The van der Waals surface area contributed by atoms with Crippen molar-refractivity contribution in [1.82, 2.24) is 6.15 Å². The lowest BCUT2D eigenvalue weighted by Crippen LogP contribution is -2.50. The zero-order valence-electron chi connectivity index (χ0n) is 15.0. The second-order valence-electron chi connectivity index (χ2n) is 5.65. The Hall–Kier alpha value is 0.400. The third-order valence-corrected chi connectivity index (χ3v) is 3.94. The van der Waals surface area contributed by atoms with Crippen LogP contribution in [0.25, 0.3) is 0 Å². The fourth-order valence-electron chi connectivity index (χ4n) is 2.64. The molecule has 3 N–H and O–H groups in total. The maximum atomic E-state index is 2.33. The normalized spacial score (nSPS) is 10.7. The highest BCUT2D eigenvalue weighted by Crippen LogP contribution is 2.16. The lowest BCUT2D eigenvalue weighted by molar-refractivity contribution is -0.929. The van der Waals surface area contributed by atoms with E-state index in [9.17, 15) is 0 Å². The van der Waals surface area contributed by atoms with Crippen LogP contribution in [0.4, 0.5) is 0 Å². The summed E-state index contributed by atoms with van der Waals surface area (Å²) in [6.07, 6.45) is 11.1. The van der Waals surface area contributed by atoms with Crippen molar-refractivity contribution in [2.75, 3.05) is 26.2 Å². The molecule has 0 aromatic rings. The molecule has 0 aliphatic heterocycles. The first-order chi connectivity index (χ1) is 8.24. The van der Waals surface area contributed by atoms with Gasteiger partial charge < -0.3 is 10.6 Å². The van der Waals surface area contributed by atoms with Crippen molar-refractivity contribution in [2.24, 2.45) is 0 Å². The highest BCUT2D eigenvalue weighted by atomic mass is 79.9. The van der Waals surface area contributed by atoms with E-state index in [0.29, 0.717) is 0 Å².